The number of primary amides is 1. The van der Waals surface area contributed by atoms with Crippen LogP contribution in [0, 0.1) is 0 Å². The number of pyridine rings is 1. The Kier molecular flexibility index (Phi) is 4.47. The molecule has 0 aliphatic heterocycles. The van der Waals surface area contributed by atoms with Crippen LogP contribution in [-0.2, 0) is 0 Å². The molecule has 0 saturated heterocycles. The number of fused-ring (bicyclic) bond motifs is 1. The first-order valence-corrected chi connectivity index (χ1v) is 8.50. The third kappa shape index (κ3) is 3.54. The average molecular weight is 372 g/mol. The van der Waals surface area contributed by atoms with E-state index in [1.807, 2.05) is 12.1 Å². The van der Waals surface area contributed by atoms with Gasteiger partial charge in [0.15, 0.2) is 0 Å². The predicted octanol–water partition coefficient (Wildman–Crippen LogP) is 3.48. The lowest BCUT2D eigenvalue weighted by Crippen LogP contribution is -2.15. The summed E-state index contributed by atoms with van der Waals surface area (Å²) in [5.41, 5.74) is 7.60. The van der Waals surface area contributed by atoms with E-state index in [-0.39, 0.29) is 5.91 Å². The minimum atomic E-state index is -0.517. The van der Waals surface area contributed by atoms with Gasteiger partial charge in [0.2, 0.25) is 5.91 Å². The number of nitrogens with one attached hydrogen (secondary N) is 1. The molecule has 138 valence electrons. The first kappa shape index (κ1) is 17.3. The molecule has 0 fully saturated rings. The highest BCUT2D eigenvalue weighted by atomic mass is 16.5. The van der Waals surface area contributed by atoms with Gasteiger partial charge in [-0.1, -0.05) is 12.1 Å². The van der Waals surface area contributed by atoms with E-state index >= 15 is 0 Å². The number of nitrogens with two attached hydrogens (primary N) is 1. The van der Waals surface area contributed by atoms with E-state index in [1.54, 1.807) is 71.5 Å². The molecule has 2 aromatic carbocycles. The SMILES string of the molecule is NC(=O)c1cccc(Oc2ccc(NC(=O)c3cccc4cncn34)cc2)c1. The maximum absolute atomic E-state index is 12.6. The second-order valence-electron chi connectivity index (χ2n) is 6.07. The van der Waals surface area contributed by atoms with Crippen LogP contribution in [0.1, 0.15) is 20.8 Å². The Labute approximate surface area is 160 Å². The fourth-order valence-electron chi connectivity index (χ4n) is 2.78. The number of nitrogens with zero attached hydrogens (tertiary/aromatic N) is 2. The van der Waals surface area contributed by atoms with E-state index in [4.69, 9.17) is 10.5 Å². The Morgan fingerprint density at radius 3 is 2.54 bits per heavy atom. The molecule has 3 N–H and O–H groups in total. The lowest BCUT2D eigenvalue weighted by Gasteiger charge is -2.09. The largest absolute Gasteiger partial charge is 0.457 e. The molecule has 2 aromatic heterocycles. The fraction of sp³-hybridized carbons (Fsp3) is 0. The normalized spacial score (nSPS) is 10.6. The second kappa shape index (κ2) is 7.24. The molecule has 2 amide bonds. The number of aromatic nitrogens is 2. The highest BCUT2D eigenvalue weighted by Gasteiger charge is 2.10. The molecule has 0 atom stereocenters. The molecule has 0 bridgehead atoms. The molecule has 0 aliphatic rings. The van der Waals surface area contributed by atoms with Gasteiger partial charge in [0, 0.05) is 11.3 Å². The summed E-state index contributed by atoms with van der Waals surface area (Å²) in [7, 11) is 0. The van der Waals surface area contributed by atoms with Gasteiger partial charge in [-0.2, -0.15) is 0 Å². The predicted molar refractivity (Wildman–Crippen MR) is 105 cm³/mol. The zero-order valence-corrected chi connectivity index (χ0v) is 14.7. The van der Waals surface area contributed by atoms with Gasteiger partial charge in [-0.05, 0) is 54.6 Å². The van der Waals surface area contributed by atoms with Crippen molar-refractivity contribution in [2.24, 2.45) is 5.73 Å². The van der Waals surface area contributed by atoms with Crippen LogP contribution in [0.3, 0.4) is 0 Å². The van der Waals surface area contributed by atoms with E-state index in [2.05, 4.69) is 10.3 Å². The molecule has 0 unspecified atom stereocenters. The standard InChI is InChI=1S/C21H16N4O3/c22-20(26)14-3-1-5-18(11-14)28-17-9-7-15(8-10-17)24-21(27)19-6-2-4-16-12-23-13-25(16)19/h1-13H,(H2,22,26)(H,24,27). The number of benzene rings is 2. The first-order chi connectivity index (χ1) is 13.6. The van der Waals surface area contributed by atoms with Crippen LogP contribution in [-0.4, -0.2) is 21.2 Å². The van der Waals surface area contributed by atoms with Crippen LogP contribution >= 0.6 is 0 Å². The Bertz CT molecular complexity index is 1170. The number of hydrogen-bond acceptors (Lipinski definition) is 4. The zero-order valence-electron chi connectivity index (χ0n) is 14.7. The van der Waals surface area contributed by atoms with Gasteiger partial charge in [0.25, 0.3) is 5.91 Å². The maximum atomic E-state index is 12.6. The van der Waals surface area contributed by atoms with Crippen molar-refractivity contribution in [1.82, 2.24) is 9.38 Å². The third-order valence-electron chi connectivity index (χ3n) is 4.15. The summed E-state index contributed by atoms with van der Waals surface area (Å²) in [5, 5.41) is 2.85. The molecule has 0 aliphatic carbocycles. The van der Waals surface area contributed by atoms with Crippen molar-refractivity contribution >= 4 is 23.0 Å². The number of amides is 2. The average Bonchev–Trinajstić information content (AvgIpc) is 3.18. The number of hydrogen-bond donors (Lipinski definition) is 2. The van der Waals surface area contributed by atoms with Crippen LogP contribution in [0.2, 0.25) is 0 Å². The van der Waals surface area contributed by atoms with Crippen molar-refractivity contribution in [3.63, 3.8) is 0 Å². The summed E-state index contributed by atoms with van der Waals surface area (Å²) in [4.78, 5) is 27.9. The summed E-state index contributed by atoms with van der Waals surface area (Å²) in [6.07, 6.45) is 3.29. The molecular weight excluding hydrogens is 356 g/mol. The Morgan fingerprint density at radius 1 is 0.964 bits per heavy atom. The lowest BCUT2D eigenvalue weighted by atomic mass is 10.2. The number of carbonyl (C=O) groups is 2. The van der Waals surface area contributed by atoms with Gasteiger partial charge in [-0.25, -0.2) is 4.98 Å². The van der Waals surface area contributed by atoms with Crippen LogP contribution in [0.4, 0.5) is 5.69 Å². The third-order valence-corrected chi connectivity index (χ3v) is 4.15. The summed E-state index contributed by atoms with van der Waals surface area (Å²) in [5.74, 6) is 0.305. The maximum Gasteiger partial charge on any atom is 0.272 e. The fourth-order valence-corrected chi connectivity index (χ4v) is 2.78. The van der Waals surface area contributed by atoms with Crippen LogP contribution in [0.25, 0.3) is 5.52 Å². The summed E-state index contributed by atoms with van der Waals surface area (Å²) >= 11 is 0. The van der Waals surface area contributed by atoms with E-state index in [0.717, 1.165) is 5.52 Å². The van der Waals surface area contributed by atoms with Gasteiger partial charge in [0.1, 0.15) is 17.2 Å². The Hall–Kier alpha value is -4.13. The number of carbonyl (C=O) groups excluding carboxylic acids is 2. The summed E-state index contributed by atoms with van der Waals surface area (Å²) in [6.45, 7) is 0. The summed E-state index contributed by atoms with van der Waals surface area (Å²) in [6, 6.07) is 19.0. The number of ether oxygens (including phenoxy) is 1. The van der Waals surface area contributed by atoms with Gasteiger partial charge in [-0.3, -0.25) is 14.0 Å². The number of anilines is 1. The topological polar surface area (TPSA) is 98.7 Å². The van der Waals surface area contributed by atoms with Crippen LogP contribution < -0.4 is 15.8 Å². The van der Waals surface area contributed by atoms with Crippen LogP contribution in [0.5, 0.6) is 11.5 Å². The minimum absolute atomic E-state index is 0.244. The molecular formula is C21H16N4O3. The van der Waals surface area contributed by atoms with Crippen molar-refractivity contribution in [2.45, 2.75) is 0 Å². The molecule has 7 heteroatoms. The Morgan fingerprint density at radius 2 is 1.75 bits per heavy atom. The van der Waals surface area contributed by atoms with Gasteiger partial charge >= 0.3 is 0 Å². The van der Waals surface area contributed by atoms with Crippen molar-refractivity contribution in [3.8, 4) is 11.5 Å². The molecule has 2 heterocycles. The van der Waals surface area contributed by atoms with Crippen LogP contribution in [0.15, 0.2) is 79.3 Å². The number of rotatable bonds is 5. The van der Waals surface area contributed by atoms with E-state index in [9.17, 15) is 9.59 Å². The van der Waals surface area contributed by atoms with Crippen molar-refractivity contribution in [2.75, 3.05) is 5.32 Å². The molecule has 0 radical (unpaired) electrons. The monoisotopic (exact) mass is 372 g/mol. The lowest BCUT2D eigenvalue weighted by molar-refractivity contribution is 0.0996. The second-order valence-corrected chi connectivity index (χ2v) is 6.07. The molecule has 0 saturated carbocycles. The summed E-state index contributed by atoms with van der Waals surface area (Å²) < 4.78 is 7.45. The van der Waals surface area contributed by atoms with Crippen molar-refractivity contribution in [1.29, 1.82) is 0 Å². The zero-order chi connectivity index (χ0) is 19.5. The molecule has 0 spiro atoms. The van der Waals surface area contributed by atoms with Gasteiger partial charge in [0.05, 0.1) is 18.0 Å². The molecule has 4 rings (SSSR count). The smallest absolute Gasteiger partial charge is 0.272 e. The van der Waals surface area contributed by atoms with Gasteiger partial charge < -0.3 is 15.8 Å². The van der Waals surface area contributed by atoms with E-state index < -0.39 is 5.91 Å². The van der Waals surface area contributed by atoms with Crippen molar-refractivity contribution in [3.05, 3.63) is 90.5 Å². The Balaban J connectivity index is 1.47. The highest BCUT2D eigenvalue weighted by Crippen LogP contribution is 2.24. The minimum Gasteiger partial charge on any atom is -0.457 e. The highest BCUT2D eigenvalue weighted by molar-refractivity contribution is 6.03. The quantitative estimate of drug-likeness (QED) is 0.560. The van der Waals surface area contributed by atoms with E-state index in [0.29, 0.717) is 28.4 Å². The van der Waals surface area contributed by atoms with Crippen molar-refractivity contribution < 1.29 is 14.3 Å². The first-order valence-electron chi connectivity index (χ1n) is 8.50. The molecule has 4 aromatic rings. The number of imidazole rings is 1. The van der Waals surface area contributed by atoms with E-state index in [1.165, 1.54) is 0 Å². The molecule has 28 heavy (non-hydrogen) atoms. The molecule has 7 nitrogen and oxygen atoms in total. The van der Waals surface area contributed by atoms with Gasteiger partial charge in [-0.15, -0.1) is 0 Å².